The molecular weight excluding hydrogens is 270 g/mol. The zero-order valence-corrected chi connectivity index (χ0v) is 12.2. The molecule has 1 aliphatic heterocycles. The van der Waals surface area contributed by atoms with Crippen LogP contribution in [0.2, 0.25) is 0 Å². The minimum Gasteiger partial charge on any atom is -0.465 e. The molecule has 6 heteroatoms. The van der Waals surface area contributed by atoms with Crippen LogP contribution in [0.1, 0.15) is 15.9 Å². The lowest BCUT2D eigenvalue weighted by Gasteiger charge is -2.27. The van der Waals surface area contributed by atoms with Crippen LogP contribution in [0.5, 0.6) is 0 Å². The molecule has 0 radical (unpaired) electrons. The van der Waals surface area contributed by atoms with Crippen molar-refractivity contribution in [1.82, 2.24) is 4.90 Å². The van der Waals surface area contributed by atoms with E-state index in [4.69, 9.17) is 10.5 Å². The first-order valence-corrected chi connectivity index (χ1v) is 7.00. The van der Waals surface area contributed by atoms with Crippen molar-refractivity contribution in [2.75, 3.05) is 40.0 Å². The van der Waals surface area contributed by atoms with Crippen LogP contribution in [-0.2, 0) is 15.9 Å². The molecule has 6 nitrogen and oxygen atoms in total. The Bertz CT molecular complexity index is 493. The molecule has 2 N–H and O–H groups in total. The van der Waals surface area contributed by atoms with E-state index in [0.29, 0.717) is 31.3 Å². The second-order valence-corrected chi connectivity index (χ2v) is 4.78. The number of methoxy groups -OCH3 is 1. The lowest BCUT2D eigenvalue weighted by molar-refractivity contribution is 0.0600. The fourth-order valence-electron chi connectivity index (χ4n) is 2.12. The van der Waals surface area contributed by atoms with Crippen molar-refractivity contribution in [3.05, 3.63) is 35.4 Å². The maximum absolute atomic E-state index is 11.3. The lowest BCUT2D eigenvalue weighted by atomic mass is 10.1. The monoisotopic (exact) mass is 291 g/mol. The number of carbonyl (C=O) groups excluding carboxylic acids is 1. The van der Waals surface area contributed by atoms with Gasteiger partial charge in [-0.25, -0.2) is 4.79 Å². The summed E-state index contributed by atoms with van der Waals surface area (Å²) in [4.78, 5) is 17.7. The number of morpholine rings is 1. The largest absolute Gasteiger partial charge is 0.465 e. The Morgan fingerprint density at radius 3 is 2.62 bits per heavy atom. The van der Waals surface area contributed by atoms with Gasteiger partial charge in [0.15, 0.2) is 5.96 Å². The SMILES string of the molecule is COC(=O)c1ccc(CCN=C(N)N2CCOCC2)cc1. The van der Waals surface area contributed by atoms with E-state index in [0.717, 1.165) is 25.1 Å². The van der Waals surface area contributed by atoms with Gasteiger partial charge in [0.05, 0.1) is 25.9 Å². The maximum Gasteiger partial charge on any atom is 0.337 e. The second-order valence-electron chi connectivity index (χ2n) is 4.78. The normalized spacial score (nSPS) is 15.9. The fourth-order valence-corrected chi connectivity index (χ4v) is 2.12. The lowest BCUT2D eigenvalue weighted by Crippen LogP contribution is -2.44. The van der Waals surface area contributed by atoms with Crippen molar-refractivity contribution in [2.24, 2.45) is 10.7 Å². The number of rotatable bonds is 4. The topological polar surface area (TPSA) is 77.1 Å². The zero-order valence-electron chi connectivity index (χ0n) is 12.2. The van der Waals surface area contributed by atoms with Crippen molar-refractivity contribution in [3.63, 3.8) is 0 Å². The molecule has 0 aliphatic carbocycles. The number of nitrogens with zero attached hydrogens (tertiary/aromatic N) is 2. The smallest absolute Gasteiger partial charge is 0.337 e. The molecule has 114 valence electrons. The summed E-state index contributed by atoms with van der Waals surface area (Å²) in [6.45, 7) is 3.61. The summed E-state index contributed by atoms with van der Waals surface area (Å²) < 4.78 is 9.94. The van der Waals surface area contributed by atoms with E-state index in [-0.39, 0.29) is 5.97 Å². The molecule has 1 aromatic carbocycles. The number of ether oxygens (including phenoxy) is 2. The minimum absolute atomic E-state index is 0.323. The summed E-state index contributed by atoms with van der Waals surface area (Å²) in [5.74, 6) is 0.251. The average molecular weight is 291 g/mol. The van der Waals surface area contributed by atoms with Crippen LogP contribution in [0.4, 0.5) is 0 Å². The number of nitrogens with two attached hydrogens (primary N) is 1. The van der Waals surface area contributed by atoms with E-state index in [1.807, 2.05) is 17.0 Å². The standard InChI is InChI=1S/C15H21N3O3/c1-20-14(19)13-4-2-12(3-5-13)6-7-17-15(16)18-8-10-21-11-9-18/h2-5H,6-11H2,1H3,(H2,16,17). The molecule has 1 heterocycles. The predicted octanol–water partition coefficient (Wildman–Crippen LogP) is 0.663. The van der Waals surface area contributed by atoms with Crippen molar-refractivity contribution < 1.29 is 14.3 Å². The van der Waals surface area contributed by atoms with E-state index in [1.54, 1.807) is 12.1 Å². The summed E-state index contributed by atoms with van der Waals surface area (Å²) in [6, 6.07) is 7.34. The van der Waals surface area contributed by atoms with Crippen LogP contribution in [0.3, 0.4) is 0 Å². The Kier molecular flexibility index (Phi) is 5.57. The third-order valence-corrected chi connectivity index (χ3v) is 3.38. The molecule has 0 bridgehead atoms. The van der Waals surface area contributed by atoms with Crippen molar-refractivity contribution in [2.45, 2.75) is 6.42 Å². The van der Waals surface area contributed by atoms with E-state index < -0.39 is 0 Å². The number of hydrogen-bond donors (Lipinski definition) is 1. The molecule has 21 heavy (non-hydrogen) atoms. The summed E-state index contributed by atoms with van der Waals surface area (Å²) in [5.41, 5.74) is 7.62. The van der Waals surface area contributed by atoms with Crippen LogP contribution in [0.25, 0.3) is 0 Å². The zero-order chi connectivity index (χ0) is 15.1. The van der Waals surface area contributed by atoms with E-state index in [9.17, 15) is 4.79 Å². The van der Waals surface area contributed by atoms with Crippen LogP contribution >= 0.6 is 0 Å². The first-order valence-electron chi connectivity index (χ1n) is 7.00. The summed E-state index contributed by atoms with van der Waals surface area (Å²) in [5, 5.41) is 0. The molecule has 1 aliphatic rings. The van der Waals surface area contributed by atoms with Gasteiger partial charge in [0.2, 0.25) is 0 Å². The molecule has 0 spiro atoms. The van der Waals surface area contributed by atoms with Crippen LogP contribution < -0.4 is 5.73 Å². The molecule has 0 saturated carbocycles. The minimum atomic E-state index is -0.323. The van der Waals surface area contributed by atoms with Gasteiger partial charge in [-0.3, -0.25) is 4.99 Å². The molecule has 0 unspecified atom stereocenters. The highest BCUT2D eigenvalue weighted by atomic mass is 16.5. The van der Waals surface area contributed by atoms with Gasteiger partial charge in [-0.1, -0.05) is 12.1 Å². The van der Waals surface area contributed by atoms with Crippen molar-refractivity contribution in [3.8, 4) is 0 Å². The third-order valence-electron chi connectivity index (χ3n) is 3.38. The summed E-state index contributed by atoms with van der Waals surface area (Å²) >= 11 is 0. The number of guanidine groups is 1. The first kappa shape index (κ1) is 15.3. The van der Waals surface area contributed by atoms with Crippen LogP contribution in [-0.4, -0.2) is 56.8 Å². The Morgan fingerprint density at radius 1 is 1.33 bits per heavy atom. The molecule has 0 aromatic heterocycles. The molecular formula is C15H21N3O3. The Balaban J connectivity index is 1.83. The number of esters is 1. The van der Waals surface area contributed by atoms with Gasteiger partial charge < -0.3 is 20.1 Å². The van der Waals surface area contributed by atoms with Crippen molar-refractivity contribution >= 4 is 11.9 Å². The van der Waals surface area contributed by atoms with Gasteiger partial charge in [-0.15, -0.1) is 0 Å². The molecule has 0 atom stereocenters. The second kappa shape index (κ2) is 7.64. The van der Waals surface area contributed by atoms with Gasteiger partial charge in [-0.2, -0.15) is 0 Å². The fraction of sp³-hybridized carbons (Fsp3) is 0.467. The molecule has 2 rings (SSSR count). The van der Waals surface area contributed by atoms with E-state index >= 15 is 0 Å². The average Bonchev–Trinajstić information content (AvgIpc) is 2.55. The van der Waals surface area contributed by atoms with Gasteiger partial charge in [0.1, 0.15) is 0 Å². The highest BCUT2D eigenvalue weighted by Gasteiger charge is 2.11. The number of benzene rings is 1. The van der Waals surface area contributed by atoms with Crippen LogP contribution in [0, 0.1) is 0 Å². The predicted molar refractivity (Wildman–Crippen MR) is 80.4 cm³/mol. The maximum atomic E-state index is 11.3. The summed E-state index contributed by atoms with van der Waals surface area (Å²) in [7, 11) is 1.37. The van der Waals surface area contributed by atoms with Gasteiger partial charge in [-0.05, 0) is 24.1 Å². The van der Waals surface area contributed by atoms with E-state index in [2.05, 4.69) is 9.73 Å². The van der Waals surface area contributed by atoms with Crippen LogP contribution in [0.15, 0.2) is 29.3 Å². The highest BCUT2D eigenvalue weighted by molar-refractivity contribution is 5.89. The van der Waals surface area contributed by atoms with Gasteiger partial charge in [0, 0.05) is 19.6 Å². The number of hydrogen-bond acceptors (Lipinski definition) is 4. The molecule has 1 fully saturated rings. The quantitative estimate of drug-likeness (QED) is 0.501. The Morgan fingerprint density at radius 2 is 2.00 bits per heavy atom. The van der Waals surface area contributed by atoms with E-state index in [1.165, 1.54) is 7.11 Å². The van der Waals surface area contributed by atoms with Crippen molar-refractivity contribution in [1.29, 1.82) is 0 Å². The molecule has 1 aromatic rings. The molecule has 0 amide bonds. The highest BCUT2D eigenvalue weighted by Crippen LogP contribution is 2.06. The Hall–Kier alpha value is -2.08. The third kappa shape index (κ3) is 4.46. The summed E-state index contributed by atoms with van der Waals surface area (Å²) in [6.07, 6.45) is 0.784. The Labute approximate surface area is 124 Å². The first-order chi connectivity index (χ1) is 10.2. The molecule has 1 saturated heterocycles. The number of aliphatic imine (C=N–C) groups is 1. The van der Waals surface area contributed by atoms with Gasteiger partial charge >= 0.3 is 5.97 Å². The number of carbonyl (C=O) groups is 1. The van der Waals surface area contributed by atoms with Gasteiger partial charge in [0.25, 0.3) is 0 Å².